The van der Waals surface area contributed by atoms with E-state index in [-0.39, 0.29) is 18.1 Å². The lowest BCUT2D eigenvalue weighted by Crippen LogP contribution is -2.10. The number of carboxylic acid groups (broad SMARTS) is 1. The second kappa shape index (κ2) is 6.50. The van der Waals surface area contributed by atoms with Gasteiger partial charge in [-0.15, -0.1) is 0 Å². The Bertz CT molecular complexity index is 456. The zero-order valence-corrected chi connectivity index (χ0v) is 11.2. The van der Waals surface area contributed by atoms with Crippen molar-refractivity contribution in [2.24, 2.45) is 0 Å². The highest BCUT2D eigenvalue weighted by Crippen LogP contribution is 2.30. The second-order valence-electron chi connectivity index (χ2n) is 4.61. The van der Waals surface area contributed by atoms with Gasteiger partial charge in [0.25, 0.3) is 0 Å². The topological polar surface area (TPSA) is 46.5 Å². The Kier molecular flexibility index (Phi) is 5.27. The number of hydrogen-bond acceptors (Lipinski definition) is 2. The maximum atomic E-state index is 12.3. The fourth-order valence-corrected chi connectivity index (χ4v) is 2.09. The number of hydrogen-bond donors (Lipinski definition) is 1. The molecule has 1 aromatic rings. The molecule has 1 N–H and O–H groups in total. The average Bonchev–Trinajstić information content (AvgIpc) is 2.28. The third-order valence-electron chi connectivity index (χ3n) is 2.91. The number of carboxylic acids is 1. The fourth-order valence-electron chi connectivity index (χ4n) is 2.09. The maximum Gasteiger partial charge on any atom is 0.387 e. The molecule has 1 rings (SSSR count). The zero-order valence-electron chi connectivity index (χ0n) is 11.2. The summed E-state index contributed by atoms with van der Waals surface area (Å²) in [4.78, 5) is 10.9. The van der Waals surface area contributed by atoms with E-state index in [0.717, 1.165) is 11.1 Å². The average molecular weight is 272 g/mol. The first-order valence-electron chi connectivity index (χ1n) is 6.17. The van der Waals surface area contributed by atoms with Gasteiger partial charge in [-0.2, -0.15) is 8.78 Å². The predicted molar refractivity (Wildman–Crippen MR) is 67.9 cm³/mol. The highest BCUT2D eigenvalue weighted by atomic mass is 19.3. The molecule has 19 heavy (non-hydrogen) atoms. The number of alkyl halides is 2. The molecule has 0 spiro atoms. The number of halogens is 2. The molecule has 3 nitrogen and oxygen atoms in total. The van der Waals surface area contributed by atoms with Crippen LogP contribution < -0.4 is 4.74 Å². The van der Waals surface area contributed by atoms with Gasteiger partial charge in [-0.1, -0.05) is 20.8 Å². The van der Waals surface area contributed by atoms with Gasteiger partial charge >= 0.3 is 12.6 Å². The molecule has 0 aliphatic heterocycles. The molecule has 0 saturated carbocycles. The summed E-state index contributed by atoms with van der Waals surface area (Å²) < 4.78 is 29.0. The standard InChI is InChI=1S/C14H18F2O3/c1-4-9-5-10(19-14(15)16)6-11(8(2)3)12(9)7-13(17)18/h5-6,8,14H,4,7H2,1-3H3,(H,17,18). The second-order valence-corrected chi connectivity index (χ2v) is 4.61. The lowest BCUT2D eigenvalue weighted by molar-refractivity contribution is -0.136. The van der Waals surface area contributed by atoms with E-state index in [1.165, 1.54) is 12.1 Å². The van der Waals surface area contributed by atoms with Crippen LogP contribution in [-0.2, 0) is 17.6 Å². The van der Waals surface area contributed by atoms with Gasteiger partial charge in [-0.3, -0.25) is 4.79 Å². The van der Waals surface area contributed by atoms with Crippen molar-refractivity contribution in [3.05, 3.63) is 28.8 Å². The lowest BCUT2D eigenvalue weighted by atomic mass is 9.90. The highest BCUT2D eigenvalue weighted by Gasteiger charge is 2.17. The number of rotatable bonds is 6. The third kappa shape index (κ3) is 4.19. The summed E-state index contributed by atoms with van der Waals surface area (Å²) in [6.45, 7) is 2.77. The minimum absolute atomic E-state index is 0.0425. The van der Waals surface area contributed by atoms with Crippen molar-refractivity contribution in [1.82, 2.24) is 0 Å². The first-order chi connectivity index (χ1) is 8.85. The quantitative estimate of drug-likeness (QED) is 0.860. The van der Waals surface area contributed by atoms with E-state index in [4.69, 9.17) is 5.11 Å². The van der Waals surface area contributed by atoms with Crippen LogP contribution in [0, 0.1) is 0 Å². The maximum absolute atomic E-state index is 12.3. The van der Waals surface area contributed by atoms with Gasteiger partial charge in [0.15, 0.2) is 0 Å². The first-order valence-corrected chi connectivity index (χ1v) is 6.17. The van der Waals surface area contributed by atoms with Crippen molar-refractivity contribution in [2.75, 3.05) is 0 Å². The van der Waals surface area contributed by atoms with E-state index >= 15 is 0 Å². The lowest BCUT2D eigenvalue weighted by Gasteiger charge is -2.18. The molecule has 0 heterocycles. The number of ether oxygens (including phenoxy) is 1. The Morgan fingerprint density at radius 3 is 2.42 bits per heavy atom. The molecule has 0 saturated heterocycles. The Balaban J connectivity index is 3.31. The summed E-state index contributed by atoms with van der Waals surface area (Å²) in [6.07, 6.45) is 0.467. The molecule has 0 aromatic heterocycles. The molecule has 1 aromatic carbocycles. The fraction of sp³-hybridized carbons (Fsp3) is 0.500. The van der Waals surface area contributed by atoms with Crippen molar-refractivity contribution >= 4 is 5.97 Å². The number of benzene rings is 1. The number of carbonyl (C=O) groups is 1. The van der Waals surface area contributed by atoms with E-state index in [1.807, 2.05) is 20.8 Å². The van der Waals surface area contributed by atoms with Crippen LogP contribution in [0.15, 0.2) is 12.1 Å². The highest BCUT2D eigenvalue weighted by molar-refractivity contribution is 5.72. The molecule has 0 atom stereocenters. The zero-order chi connectivity index (χ0) is 14.6. The summed E-state index contributed by atoms with van der Waals surface area (Å²) >= 11 is 0. The molecule has 0 amide bonds. The van der Waals surface area contributed by atoms with Gasteiger partial charge in [0, 0.05) is 0 Å². The van der Waals surface area contributed by atoms with Crippen LogP contribution in [0.25, 0.3) is 0 Å². The Labute approximate surface area is 111 Å². The largest absolute Gasteiger partial charge is 0.481 e. The van der Waals surface area contributed by atoms with Crippen LogP contribution in [-0.4, -0.2) is 17.7 Å². The number of aryl methyl sites for hydroxylation is 1. The Morgan fingerprint density at radius 2 is 2.00 bits per heavy atom. The molecular formula is C14H18F2O3. The SMILES string of the molecule is CCc1cc(OC(F)F)cc(C(C)C)c1CC(=O)O. The molecule has 0 aliphatic rings. The van der Waals surface area contributed by atoms with Crippen LogP contribution in [0.4, 0.5) is 8.78 Å². The van der Waals surface area contributed by atoms with Crippen LogP contribution >= 0.6 is 0 Å². The van der Waals surface area contributed by atoms with E-state index in [0.29, 0.717) is 12.0 Å². The van der Waals surface area contributed by atoms with E-state index in [9.17, 15) is 13.6 Å². The number of aliphatic carboxylic acids is 1. The summed E-state index contributed by atoms with van der Waals surface area (Å²) in [6, 6.07) is 3.00. The summed E-state index contributed by atoms with van der Waals surface area (Å²) in [5.74, 6) is -0.801. The predicted octanol–water partition coefficient (Wildman–Crippen LogP) is 3.60. The van der Waals surface area contributed by atoms with Crippen LogP contribution in [0.3, 0.4) is 0 Å². The molecule has 0 fully saturated rings. The molecule has 0 aliphatic carbocycles. The summed E-state index contributed by atoms with van der Waals surface area (Å²) in [5, 5.41) is 8.96. The van der Waals surface area contributed by atoms with Gasteiger partial charge in [-0.05, 0) is 41.2 Å². The van der Waals surface area contributed by atoms with Gasteiger partial charge in [0.2, 0.25) is 0 Å². The van der Waals surface area contributed by atoms with Gasteiger partial charge in [-0.25, -0.2) is 0 Å². The van der Waals surface area contributed by atoms with E-state index in [2.05, 4.69) is 4.74 Å². The smallest absolute Gasteiger partial charge is 0.387 e. The van der Waals surface area contributed by atoms with Crippen molar-refractivity contribution < 1.29 is 23.4 Å². The van der Waals surface area contributed by atoms with Gasteiger partial charge in [0.05, 0.1) is 6.42 Å². The summed E-state index contributed by atoms with van der Waals surface area (Å²) in [7, 11) is 0. The molecule has 106 valence electrons. The van der Waals surface area contributed by atoms with Crippen LogP contribution in [0.2, 0.25) is 0 Å². The Morgan fingerprint density at radius 1 is 1.37 bits per heavy atom. The van der Waals surface area contributed by atoms with E-state index < -0.39 is 12.6 Å². The summed E-state index contributed by atoms with van der Waals surface area (Å²) in [5.41, 5.74) is 2.19. The normalized spacial score (nSPS) is 11.1. The van der Waals surface area contributed by atoms with Crippen molar-refractivity contribution in [3.8, 4) is 5.75 Å². The molecule has 0 radical (unpaired) electrons. The third-order valence-corrected chi connectivity index (χ3v) is 2.91. The first kappa shape index (κ1) is 15.4. The van der Waals surface area contributed by atoms with Crippen molar-refractivity contribution in [3.63, 3.8) is 0 Å². The Hall–Kier alpha value is -1.65. The van der Waals surface area contributed by atoms with Crippen molar-refractivity contribution in [2.45, 2.75) is 46.1 Å². The van der Waals surface area contributed by atoms with E-state index in [1.54, 1.807) is 0 Å². The monoisotopic (exact) mass is 272 g/mol. The van der Waals surface area contributed by atoms with Crippen LogP contribution in [0.5, 0.6) is 5.75 Å². The van der Waals surface area contributed by atoms with Gasteiger partial charge < -0.3 is 9.84 Å². The van der Waals surface area contributed by atoms with Crippen molar-refractivity contribution in [1.29, 1.82) is 0 Å². The molecule has 0 bridgehead atoms. The van der Waals surface area contributed by atoms with Crippen LogP contribution in [0.1, 0.15) is 43.4 Å². The minimum Gasteiger partial charge on any atom is -0.481 e. The molecular weight excluding hydrogens is 254 g/mol. The molecule has 5 heteroatoms. The minimum atomic E-state index is -2.88. The molecule has 0 unspecified atom stereocenters. The van der Waals surface area contributed by atoms with Gasteiger partial charge in [0.1, 0.15) is 5.75 Å².